The third-order valence-corrected chi connectivity index (χ3v) is 4.03. The molecule has 3 nitrogen and oxygen atoms in total. The second kappa shape index (κ2) is 8.06. The van der Waals surface area contributed by atoms with Crippen molar-refractivity contribution in [3.8, 4) is 5.75 Å². The van der Waals surface area contributed by atoms with E-state index >= 15 is 0 Å². The molecule has 0 aliphatic heterocycles. The van der Waals surface area contributed by atoms with Crippen LogP contribution >= 0.6 is 0 Å². The van der Waals surface area contributed by atoms with Crippen LogP contribution in [0.2, 0.25) is 0 Å². The van der Waals surface area contributed by atoms with E-state index in [9.17, 15) is 4.79 Å². The fourth-order valence-corrected chi connectivity index (χ4v) is 2.93. The van der Waals surface area contributed by atoms with Crippen molar-refractivity contribution >= 4 is 5.97 Å². The van der Waals surface area contributed by atoms with Gasteiger partial charge in [-0.05, 0) is 43.4 Å². The third-order valence-electron chi connectivity index (χ3n) is 4.03. The summed E-state index contributed by atoms with van der Waals surface area (Å²) in [6.07, 6.45) is 5.87. The molecule has 1 aromatic carbocycles. The zero-order valence-corrected chi connectivity index (χ0v) is 13.1. The molecule has 2 atom stereocenters. The van der Waals surface area contributed by atoms with Gasteiger partial charge in [-0.2, -0.15) is 0 Å². The Morgan fingerprint density at radius 2 is 2.05 bits per heavy atom. The van der Waals surface area contributed by atoms with Gasteiger partial charge in [0.05, 0.1) is 6.61 Å². The van der Waals surface area contributed by atoms with E-state index in [1.54, 1.807) is 0 Å². The third kappa shape index (κ3) is 4.48. The molecule has 116 valence electrons. The number of hydrogen-bond donors (Lipinski definition) is 0. The molecule has 1 saturated carbocycles. The molecule has 0 spiro atoms. The van der Waals surface area contributed by atoms with Crippen LogP contribution in [-0.4, -0.2) is 18.7 Å². The van der Waals surface area contributed by atoms with Crippen molar-refractivity contribution in [2.45, 2.75) is 64.4 Å². The Morgan fingerprint density at radius 3 is 2.81 bits per heavy atom. The van der Waals surface area contributed by atoms with Gasteiger partial charge in [-0.15, -0.1) is 0 Å². The van der Waals surface area contributed by atoms with Crippen LogP contribution in [0.5, 0.6) is 5.75 Å². The lowest BCUT2D eigenvalue weighted by atomic mass is 9.81. The van der Waals surface area contributed by atoms with Crippen LogP contribution in [0.4, 0.5) is 0 Å². The van der Waals surface area contributed by atoms with E-state index in [0.717, 1.165) is 38.0 Å². The normalized spacial score (nSPS) is 21.8. The van der Waals surface area contributed by atoms with Crippen molar-refractivity contribution in [3.63, 3.8) is 0 Å². The van der Waals surface area contributed by atoms with Crippen molar-refractivity contribution in [2.75, 3.05) is 6.61 Å². The molecular weight excluding hydrogens is 264 g/mol. The van der Waals surface area contributed by atoms with Gasteiger partial charge in [0.15, 0.2) is 0 Å². The minimum atomic E-state index is -0.0923. The first-order chi connectivity index (χ1) is 10.2. The molecule has 0 radical (unpaired) electrons. The van der Waals surface area contributed by atoms with Gasteiger partial charge in [-0.3, -0.25) is 4.79 Å². The number of rotatable bonds is 6. The highest BCUT2D eigenvalue weighted by Gasteiger charge is 2.29. The molecule has 1 aliphatic rings. The Hall–Kier alpha value is -1.51. The minimum Gasteiger partial charge on any atom is -0.494 e. The molecule has 2 rings (SSSR count). The molecule has 0 amide bonds. The first kappa shape index (κ1) is 15.9. The van der Waals surface area contributed by atoms with Crippen molar-refractivity contribution in [1.29, 1.82) is 0 Å². The molecule has 0 bridgehead atoms. The second-order valence-electron chi connectivity index (χ2n) is 5.69. The van der Waals surface area contributed by atoms with E-state index in [4.69, 9.17) is 9.47 Å². The summed E-state index contributed by atoms with van der Waals surface area (Å²) in [7, 11) is 0. The summed E-state index contributed by atoms with van der Waals surface area (Å²) in [6.45, 7) is 4.69. The lowest BCUT2D eigenvalue weighted by Gasteiger charge is -2.31. The SMILES string of the molecule is CCCOc1cccc([C@H]2CCCC[C@@H]2OC(=O)CC)c1. The van der Waals surface area contributed by atoms with Gasteiger partial charge in [-0.25, -0.2) is 0 Å². The van der Waals surface area contributed by atoms with Gasteiger partial charge in [0.1, 0.15) is 11.9 Å². The monoisotopic (exact) mass is 290 g/mol. The van der Waals surface area contributed by atoms with Gasteiger partial charge < -0.3 is 9.47 Å². The van der Waals surface area contributed by atoms with Crippen LogP contribution in [0.1, 0.15) is 63.9 Å². The molecule has 3 heteroatoms. The van der Waals surface area contributed by atoms with E-state index in [0.29, 0.717) is 12.3 Å². The fourth-order valence-electron chi connectivity index (χ4n) is 2.93. The first-order valence-electron chi connectivity index (χ1n) is 8.16. The summed E-state index contributed by atoms with van der Waals surface area (Å²) >= 11 is 0. The predicted molar refractivity (Wildman–Crippen MR) is 83.6 cm³/mol. The quantitative estimate of drug-likeness (QED) is 0.726. The van der Waals surface area contributed by atoms with E-state index in [-0.39, 0.29) is 12.1 Å². The van der Waals surface area contributed by atoms with Crippen LogP contribution in [0.25, 0.3) is 0 Å². The summed E-state index contributed by atoms with van der Waals surface area (Å²) in [4.78, 5) is 11.6. The smallest absolute Gasteiger partial charge is 0.305 e. The molecule has 21 heavy (non-hydrogen) atoms. The Kier molecular flexibility index (Phi) is 6.09. The minimum absolute atomic E-state index is 0.0209. The van der Waals surface area contributed by atoms with Crippen molar-refractivity contribution in [2.24, 2.45) is 0 Å². The Bertz CT molecular complexity index is 456. The van der Waals surface area contributed by atoms with Crippen molar-refractivity contribution in [3.05, 3.63) is 29.8 Å². The molecule has 1 fully saturated rings. The molecule has 0 aromatic heterocycles. The second-order valence-corrected chi connectivity index (χ2v) is 5.69. The van der Waals surface area contributed by atoms with E-state index < -0.39 is 0 Å². The fraction of sp³-hybridized carbons (Fsp3) is 0.611. The molecular formula is C18H26O3. The van der Waals surface area contributed by atoms with Gasteiger partial charge in [0.25, 0.3) is 0 Å². The zero-order chi connectivity index (χ0) is 15.1. The number of esters is 1. The summed E-state index contributed by atoms with van der Waals surface area (Å²) in [6, 6.07) is 8.27. The van der Waals surface area contributed by atoms with Crippen LogP contribution in [0.3, 0.4) is 0 Å². The van der Waals surface area contributed by atoms with Gasteiger partial charge in [0.2, 0.25) is 0 Å². The highest BCUT2D eigenvalue weighted by Crippen LogP contribution is 2.36. The maximum Gasteiger partial charge on any atom is 0.305 e. The highest BCUT2D eigenvalue weighted by molar-refractivity contribution is 5.69. The molecule has 0 saturated heterocycles. The average Bonchev–Trinajstić information content (AvgIpc) is 2.53. The summed E-state index contributed by atoms with van der Waals surface area (Å²) in [5.74, 6) is 1.13. The van der Waals surface area contributed by atoms with Gasteiger partial charge in [0, 0.05) is 12.3 Å². The first-order valence-corrected chi connectivity index (χ1v) is 8.16. The Morgan fingerprint density at radius 1 is 1.24 bits per heavy atom. The highest BCUT2D eigenvalue weighted by atomic mass is 16.5. The Labute approximate surface area is 127 Å². The van der Waals surface area contributed by atoms with E-state index in [1.165, 1.54) is 12.0 Å². The predicted octanol–water partition coefficient (Wildman–Crippen LogP) is 4.45. The molecule has 0 heterocycles. The van der Waals surface area contributed by atoms with Crippen LogP contribution in [0, 0.1) is 0 Å². The van der Waals surface area contributed by atoms with Crippen molar-refractivity contribution < 1.29 is 14.3 Å². The molecule has 1 aromatic rings. The number of ether oxygens (including phenoxy) is 2. The number of benzene rings is 1. The lowest BCUT2D eigenvalue weighted by Crippen LogP contribution is -2.28. The summed E-state index contributed by atoms with van der Waals surface area (Å²) in [5.41, 5.74) is 1.23. The number of hydrogen-bond acceptors (Lipinski definition) is 3. The maximum atomic E-state index is 11.6. The number of carbonyl (C=O) groups is 1. The lowest BCUT2D eigenvalue weighted by molar-refractivity contribution is -0.151. The molecule has 0 N–H and O–H groups in total. The van der Waals surface area contributed by atoms with Crippen LogP contribution < -0.4 is 4.74 Å². The zero-order valence-electron chi connectivity index (χ0n) is 13.1. The summed E-state index contributed by atoms with van der Waals surface area (Å²) < 4.78 is 11.4. The van der Waals surface area contributed by atoms with Gasteiger partial charge in [-0.1, -0.05) is 32.4 Å². The van der Waals surface area contributed by atoms with E-state index in [2.05, 4.69) is 19.1 Å². The Balaban J connectivity index is 2.10. The largest absolute Gasteiger partial charge is 0.494 e. The maximum absolute atomic E-state index is 11.6. The molecule has 0 unspecified atom stereocenters. The topological polar surface area (TPSA) is 35.5 Å². The van der Waals surface area contributed by atoms with E-state index in [1.807, 2.05) is 19.1 Å². The summed E-state index contributed by atoms with van der Waals surface area (Å²) in [5, 5.41) is 0. The van der Waals surface area contributed by atoms with Crippen LogP contribution in [-0.2, 0) is 9.53 Å². The van der Waals surface area contributed by atoms with Crippen LogP contribution in [0.15, 0.2) is 24.3 Å². The number of carbonyl (C=O) groups excluding carboxylic acids is 1. The van der Waals surface area contributed by atoms with Crippen molar-refractivity contribution in [1.82, 2.24) is 0 Å². The average molecular weight is 290 g/mol. The standard InChI is InChI=1S/C18H26O3/c1-3-12-20-15-9-7-8-14(13-15)16-10-5-6-11-17(16)21-18(19)4-2/h7-9,13,16-17H,3-6,10-12H2,1-2H3/t16-,17+/m1/s1. The molecule has 1 aliphatic carbocycles. The van der Waals surface area contributed by atoms with Gasteiger partial charge >= 0.3 is 5.97 Å².